The van der Waals surface area contributed by atoms with E-state index in [0.717, 1.165) is 17.7 Å². The van der Waals surface area contributed by atoms with Gasteiger partial charge in [0, 0.05) is 24.5 Å². The maximum absolute atomic E-state index is 13.1. The van der Waals surface area contributed by atoms with E-state index in [-0.39, 0.29) is 24.9 Å². The van der Waals surface area contributed by atoms with Crippen molar-refractivity contribution in [2.75, 3.05) is 25.4 Å². The third kappa shape index (κ3) is 5.27. The Bertz CT molecular complexity index is 863. The van der Waals surface area contributed by atoms with Gasteiger partial charge in [-0.3, -0.25) is 9.69 Å². The van der Waals surface area contributed by atoms with E-state index < -0.39 is 17.2 Å². The lowest BCUT2D eigenvalue weighted by atomic mass is 9.73. The quantitative estimate of drug-likeness (QED) is 0.718. The molecule has 30 heavy (non-hydrogen) atoms. The van der Waals surface area contributed by atoms with Crippen LogP contribution in [0.4, 0.5) is 19.1 Å². The Kier molecular flexibility index (Phi) is 6.60. The van der Waals surface area contributed by atoms with Gasteiger partial charge >= 0.3 is 12.1 Å². The lowest BCUT2D eigenvalue weighted by Crippen LogP contribution is -2.46. The first kappa shape index (κ1) is 22.0. The second kappa shape index (κ2) is 8.99. The molecule has 1 saturated heterocycles. The lowest BCUT2D eigenvalue weighted by molar-refractivity contribution is -0.158. The summed E-state index contributed by atoms with van der Waals surface area (Å²) in [5, 5.41) is 0. The van der Waals surface area contributed by atoms with Crippen LogP contribution >= 0.6 is 0 Å². The van der Waals surface area contributed by atoms with Gasteiger partial charge in [-0.1, -0.05) is 18.2 Å². The third-order valence-electron chi connectivity index (χ3n) is 5.45. The number of halogens is 3. The second-order valence-corrected chi connectivity index (χ2v) is 7.60. The van der Waals surface area contributed by atoms with Crippen LogP contribution in [0.15, 0.2) is 36.7 Å². The maximum Gasteiger partial charge on any atom is 0.416 e. The number of esters is 1. The molecule has 2 heterocycles. The van der Waals surface area contributed by atoms with Crippen LogP contribution in [-0.4, -0.2) is 40.5 Å². The average molecular weight is 422 g/mol. The van der Waals surface area contributed by atoms with Gasteiger partial charge in [0.05, 0.1) is 17.6 Å². The molecule has 0 amide bonds. The minimum atomic E-state index is -4.42. The first-order valence-electron chi connectivity index (χ1n) is 9.84. The molecule has 1 aromatic heterocycles. The van der Waals surface area contributed by atoms with Crippen molar-refractivity contribution < 1.29 is 22.7 Å². The van der Waals surface area contributed by atoms with Crippen LogP contribution in [0.3, 0.4) is 0 Å². The minimum absolute atomic E-state index is 0.208. The number of alkyl halides is 3. The van der Waals surface area contributed by atoms with Crippen molar-refractivity contribution in [2.24, 2.45) is 5.41 Å². The monoisotopic (exact) mass is 422 g/mol. The molecule has 0 saturated carbocycles. The predicted molar refractivity (Wildman–Crippen MR) is 105 cm³/mol. The SMILES string of the molecule is CCOC(=O)C1(Cc2cccc(C(F)(F)F)c2)CCN(Cc2cnc(N)nc2)CC1. The number of nitrogens with zero attached hydrogens (tertiary/aromatic N) is 3. The molecule has 1 aromatic carbocycles. The highest BCUT2D eigenvalue weighted by atomic mass is 19.4. The summed E-state index contributed by atoms with van der Waals surface area (Å²) in [7, 11) is 0. The fourth-order valence-corrected chi connectivity index (χ4v) is 3.83. The highest BCUT2D eigenvalue weighted by Crippen LogP contribution is 2.38. The molecule has 3 rings (SSSR count). The zero-order valence-electron chi connectivity index (χ0n) is 16.8. The van der Waals surface area contributed by atoms with E-state index in [4.69, 9.17) is 10.5 Å². The van der Waals surface area contributed by atoms with Gasteiger partial charge < -0.3 is 10.5 Å². The molecule has 0 atom stereocenters. The van der Waals surface area contributed by atoms with E-state index in [0.29, 0.717) is 38.0 Å². The largest absolute Gasteiger partial charge is 0.466 e. The van der Waals surface area contributed by atoms with E-state index in [2.05, 4.69) is 14.9 Å². The van der Waals surface area contributed by atoms with Gasteiger partial charge in [0.1, 0.15) is 0 Å². The van der Waals surface area contributed by atoms with E-state index in [1.54, 1.807) is 25.4 Å². The molecule has 162 valence electrons. The van der Waals surface area contributed by atoms with Crippen LogP contribution in [0.2, 0.25) is 0 Å². The van der Waals surface area contributed by atoms with E-state index in [9.17, 15) is 18.0 Å². The number of aromatic nitrogens is 2. The molecule has 0 aliphatic carbocycles. The number of carbonyl (C=O) groups excluding carboxylic acids is 1. The predicted octanol–water partition coefficient (Wildman–Crippen LogP) is 3.47. The van der Waals surface area contributed by atoms with E-state index in [1.165, 1.54) is 6.07 Å². The summed E-state index contributed by atoms with van der Waals surface area (Å²) < 4.78 is 44.6. The number of anilines is 1. The van der Waals surface area contributed by atoms with E-state index in [1.807, 2.05) is 0 Å². The first-order chi connectivity index (χ1) is 14.2. The van der Waals surface area contributed by atoms with Crippen LogP contribution in [0.1, 0.15) is 36.5 Å². The Hall–Kier alpha value is -2.68. The Labute approximate surface area is 173 Å². The molecule has 9 heteroatoms. The molecular weight excluding hydrogens is 397 g/mol. The van der Waals surface area contributed by atoms with Crippen LogP contribution in [0, 0.1) is 5.41 Å². The average Bonchev–Trinajstić information content (AvgIpc) is 2.71. The topological polar surface area (TPSA) is 81.3 Å². The molecular formula is C21H25F3N4O2. The van der Waals surface area contributed by atoms with Crippen molar-refractivity contribution in [3.8, 4) is 0 Å². The summed E-state index contributed by atoms with van der Waals surface area (Å²) in [6, 6.07) is 5.18. The number of nitrogen functional groups attached to an aromatic ring is 1. The fourth-order valence-electron chi connectivity index (χ4n) is 3.83. The van der Waals surface area contributed by atoms with Crippen molar-refractivity contribution in [1.29, 1.82) is 0 Å². The summed E-state index contributed by atoms with van der Waals surface area (Å²) in [4.78, 5) is 22.9. The number of benzene rings is 1. The molecule has 0 spiro atoms. The second-order valence-electron chi connectivity index (χ2n) is 7.60. The van der Waals surface area contributed by atoms with Crippen molar-refractivity contribution in [3.05, 3.63) is 53.3 Å². The summed E-state index contributed by atoms with van der Waals surface area (Å²) in [6.45, 7) is 3.80. The van der Waals surface area contributed by atoms with Crippen LogP contribution in [-0.2, 0) is 28.7 Å². The van der Waals surface area contributed by atoms with Crippen molar-refractivity contribution in [3.63, 3.8) is 0 Å². The van der Waals surface area contributed by atoms with Gasteiger partial charge in [-0.15, -0.1) is 0 Å². The lowest BCUT2D eigenvalue weighted by Gasteiger charge is -2.40. The number of hydrogen-bond acceptors (Lipinski definition) is 6. The van der Waals surface area contributed by atoms with Gasteiger partial charge in [-0.2, -0.15) is 13.2 Å². The smallest absolute Gasteiger partial charge is 0.416 e. The molecule has 2 aromatic rings. The summed E-state index contributed by atoms with van der Waals surface area (Å²) in [5.41, 5.74) is 5.36. The van der Waals surface area contributed by atoms with Crippen molar-refractivity contribution in [1.82, 2.24) is 14.9 Å². The molecule has 0 radical (unpaired) electrons. The summed E-state index contributed by atoms with van der Waals surface area (Å²) in [5.74, 6) is -0.141. The maximum atomic E-state index is 13.1. The minimum Gasteiger partial charge on any atom is -0.466 e. The van der Waals surface area contributed by atoms with Crippen LogP contribution in [0.25, 0.3) is 0 Å². The standard InChI is InChI=1S/C21H25F3N4O2/c1-2-30-18(29)20(11-15-4-3-5-17(10-15)21(22,23)24)6-8-28(9-7-20)14-16-12-26-19(25)27-13-16/h3-5,10,12-13H,2,6-9,11,14H2,1H3,(H2,25,26,27). The summed E-state index contributed by atoms with van der Waals surface area (Å²) in [6.07, 6.45) is 0.123. The third-order valence-corrected chi connectivity index (χ3v) is 5.45. The fraction of sp³-hybridized carbons (Fsp3) is 0.476. The zero-order chi connectivity index (χ0) is 21.8. The van der Waals surface area contributed by atoms with Gasteiger partial charge in [0.15, 0.2) is 0 Å². The molecule has 2 N–H and O–H groups in total. The highest BCUT2D eigenvalue weighted by molar-refractivity contribution is 5.77. The van der Waals surface area contributed by atoms with Gasteiger partial charge in [0.25, 0.3) is 0 Å². The Morgan fingerprint density at radius 3 is 2.47 bits per heavy atom. The molecule has 0 bridgehead atoms. The molecule has 1 aliphatic heterocycles. The number of hydrogen-bond donors (Lipinski definition) is 1. The number of carbonyl (C=O) groups is 1. The van der Waals surface area contributed by atoms with Gasteiger partial charge in [-0.05, 0) is 50.9 Å². The highest BCUT2D eigenvalue weighted by Gasteiger charge is 2.43. The van der Waals surface area contributed by atoms with E-state index >= 15 is 0 Å². The summed E-state index contributed by atoms with van der Waals surface area (Å²) >= 11 is 0. The van der Waals surface area contributed by atoms with Crippen molar-refractivity contribution in [2.45, 2.75) is 38.9 Å². The van der Waals surface area contributed by atoms with Gasteiger partial charge in [-0.25, -0.2) is 9.97 Å². The molecule has 1 fully saturated rings. The Morgan fingerprint density at radius 1 is 1.20 bits per heavy atom. The van der Waals surface area contributed by atoms with Crippen LogP contribution in [0.5, 0.6) is 0 Å². The number of nitrogens with two attached hydrogens (primary N) is 1. The molecule has 0 unspecified atom stereocenters. The first-order valence-corrected chi connectivity index (χ1v) is 9.84. The Morgan fingerprint density at radius 2 is 1.87 bits per heavy atom. The van der Waals surface area contributed by atoms with Crippen LogP contribution < -0.4 is 5.73 Å². The molecule has 6 nitrogen and oxygen atoms in total. The molecule has 1 aliphatic rings. The number of likely N-dealkylation sites (tertiary alicyclic amines) is 1. The zero-order valence-corrected chi connectivity index (χ0v) is 16.8. The number of rotatable bonds is 6. The Balaban J connectivity index is 1.74. The number of ether oxygens (including phenoxy) is 1. The number of piperidine rings is 1. The van der Waals surface area contributed by atoms with Crippen molar-refractivity contribution >= 4 is 11.9 Å². The normalized spacial score (nSPS) is 16.9. The van der Waals surface area contributed by atoms with Gasteiger partial charge in [0.2, 0.25) is 5.95 Å².